The lowest BCUT2D eigenvalue weighted by Gasteiger charge is -2.33. The topological polar surface area (TPSA) is 0 Å². The fourth-order valence-electron chi connectivity index (χ4n) is 5.12. The van der Waals surface area contributed by atoms with Crippen molar-refractivity contribution in [2.45, 2.75) is 95.8 Å². The summed E-state index contributed by atoms with van der Waals surface area (Å²) in [6.45, 7) is 3.78. The van der Waals surface area contributed by atoms with E-state index in [9.17, 15) is 26.3 Å². The lowest BCUT2D eigenvalue weighted by Crippen LogP contribution is -2.45. The molecule has 2 aliphatic carbocycles. The number of alkyl halides is 4. The first-order chi connectivity index (χ1) is 15.1. The van der Waals surface area contributed by atoms with Crippen LogP contribution in [-0.2, 0) is 6.42 Å². The Bertz CT molecular complexity index is 859. The third-order valence-corrected chi connectivity index (χ3v) is 7.05. The third-order valence-electron chi connectivity index (χ3n) is 7.05. The van der Waals surface area contributed by atoms with Gasteiger partial charge in [0.25, 0.3) is 0 Å². The van der Waals surface area contributed by atoms with Crippen molar-refractivity contribution < 1.29 is 26.3 Å². The highest BCUT2D eigenvalue weighted by Gasteiger charge is 2.61. The second-order valence-electron chi connectivity index (χ2n) is 9.23. The second kappa shape index (κ2) is 10.0. The molecule has 178 valence electrons. The Labute approximate surface area is 186 Å². The van der Waals surface area contributed by atoms with E-state index in [2.05, 4.69) is 6.92 Å². The molecule has 0 aromatic heterocycles. The van der Waals surface area contributed by atoms with Gasteiger partial charge in [-0.15, -0.1) is 0 Å². The van der Waals surface area contributed by atoms with Gasteiger partial charge in [0.15, 0.2) is 11.6 Å². The van der Waals surface area contributed by atoms with Crippen molar-refractivity contribution in [3.05, 3.63) is 58.2 Å². The van der Waals surface area contributed by atoms with Crippen molar-refractivity contribution in [1.82, 2.24) is 0 Å². The van der Waals surface area contributed by atoms with E-state index < -0.39 is 41.0 Å². The molecule has 1 aromatic carbocycles. The molecule has 3 rings (SSSR count). The quantitative estimate of drug-likeness (QED) is 0.341. The van der Waals surface area contributed by atoms with Gasteiger partial charge < -0.3 is 0 Å². The normalized spacial score (nSPS) is 24.8. The first kappa shape index (κ1) is 24.9. The zero-order valence-electron chi connectivity index (χ0n) is 18.8. The monoisotopic (exact) mass is 458 g/mol. The molecule has 0 nitrogen and oxygen atoms in total. The molecule has 0 N–H and O–H groups in total. The van der Waals surface area contributed by atoms with Crippen LogP contribution >= 0.6 is 0 Å². The summed E-state index contributed by atoms with van der Waals surface area (Å²) in [7, 11) is 0. The molecule has 0 atom stereocenters. The van der Waals surface area contributed by atoms with E-state index >= 15 is 0 Å². The number of rotatable bonds is 8. The van der Waals surface area contributed by atoms with Crippen molar-refractivity contribution in [2.75, 3.05) is 0 Å². The Balaban J connectivity index is 1.72. The number of hydrogen-bond acceptors (Lipinski definition) is 0. The van der Waals surface area contributed by atoms with Gasteiger partial charge in [0, 0.05) is 11.1 Å². The highest BCUT2D eigenvalue weighted by atomic mass is 19.3. The summed E-state index contributed by atoms with van der Waals surface area (Å²) < 4.78 is 87.1. The van der Waals surface area contributed by atoms with Crippen molar-refractivity contribution in [3.8, 4) is 0 Å². The number of hydrogen-bond donors (Lipinski definition) is 0. The Kier molecular flexibility index (Phi) is 7.82. The zero-order chi connectivity index (χ0) is 23.5. The minimum Gasteiger partial charge on any atom is -0.203 e. The van der Waals surface area contributed by atoms with Crippen LogP contribution in [0.3, 0.4) is 0 Å². The van der Waals surface area contributed by atoms with Gasteiger partial charge in [-0.3, -0.25) is 0 Å². The van der Waals surface area contributed by atoms with Gasteiger partial charge in [0.2, 0.25) is 0 Å². The standard InChI is InChI=1S/C26H32F6/c1-3-5-17-7-9-18(10-8-17)22-16-12-19(23(27)24(22)28)11-13-21-15-14-20(6-4-2)25(29,30)26(21,31)32/h12,14-18H,3-11,13H2,1-2H3. The summed E-state index contributed by atoms with van der Waals surface area (Å²) in [6, 6.07) is 2.96. The Morgan fingerprint density at radius 3 is 1.91 bits per heavy atom. The first-order valence-corrected chi connectivity index (χ1v) is 11.8. The van der Waals surface area contributed by atoms with Crippen molar-refractivity contribution >= 4 is 0 Å². The highest BCUT2D eigenvalue weighted by molar-refractivity contribution is 5.38. The van der Waals surface area contributed by atoms with Crippen LogP contribution in [0.25, 0.3) is 0 Å². The molecule has 0 bridgehead atoms. The first-order valence-electron chi connectivity index (χ1n) is 11.8. The van der Waals surface area contributed by atoms with Crippen molar-refractivity contribution in [2.24, 2.45) is 5.92 Å². The average molecular weight is 459 g/mol. The van der Waals surface area contributed by atoms with Gasteiger partial charge >= 0.3 is 11.8 Å². The summed E-state index contributed by atoms with van der Waals surface area (Å²) in [5.74, 6) is -9.99. The second-order valence-corrected chi connectivity index (χ2v) is 9.23. The molecule has 0 heterocycles. The van der Waals surface area contributed by atoms with Gasteiger partial charge in [-0.25, -0.2) is 8.78 Å². The van der Waals surface area contributed by atoms with Crippen LogP contribution in [0.15, 0.2) is 35.4 Å². The van der Waals surface area contributed by atoms with Gasteiger partial charge in [-0.05, 0) is 67.9 Å². The number of aryl methyl sites for hydroxylation is 1. The molecule has 0 aliphatic heterocycles. The minimum absolute atomic E-state index is 0.0437. The molecule has 0 unspecified atom stereocenters. The smallest absolute Gasteiger partial charge is 0.203 e. The van der Waals surface area contributed by atoms with Crippen LogP contribution in [0.5, 0.6) is 0 Å². The fourth-order valence-corrected chi connectivity index (χ4v) is 5.12. The lowest BCUT2D eigenvalue weighted by molar-refractivity contribution is -0.165. The lowest BCUT2D eigenvalue weighted by atomic mass is 9.77. The predicted octanol–water partition coefficient (Wildman–Crippen LogP) is 8.91. The Hall–Kier alpha value is -1.72. The van der Waals surface area contributed by atoms with E-state index in [-0.39, 0.29) is 24.3 Å². The number of allylic oxidation sites excluding steroid dienone is 4. The van der Waals surface area contributed by atoms with Gasteiger partial charge in [-0.1, -0.05) is 57.4 Å². The van der Waals surface area contributed by atoms with Gasteiger partial charge in [0.1, 0.15) is 0 Å². The maximum absolute atomic E-state index is 14.8. The number of benzene rings is 1. The summed E-state index contributed by atoms with van der Waals surface area (Å²) in [4.78, 5) is 0. The van der Waals surface area contributed by atoms with E-state index in [1.807, 2.05) is 0 Å². The van der Waals surface area contributed by atoms with Crippen LogP contribution in [0.4, 0.5) is 26.3 Å². The van der Waals surface area contributed by atoms with E-state index in [0.29, 0.717) is 17.9 Å². The molecule has 0 spiro atoms. The highest BCUT2D eigenvalue weighted by Crippen LogP contribution is 2.49. The molecule has 6 heteroatoms. The molecule has 1 aromatic rings. The Morgan fingerprint density at radius 2 is 1.34 bits per heavy atom. The molecule has 1 fully saturated rings. The molecule has 1 saturated carbocycles. The summed E-state index contributed by atoms with van der Waals surface area (Å²) >= 11 is 0. The van der Waals surface area contributed by atoms with Crippen LogP contribution in [-0.4, -0.2) is 11.8 Å². The minimum atomic E-state index is -4.33. The third kappa shape index (κ3) is 4.79. The summed E-state index contributed by atoms with van der Waals surface area (Å²) in [6.07, 6.45) is 7.41. The molecule has 32 heavy (non-hydrogen) atoms. The van der Waals surface area contributed by atoms with Gasteiger partial charge in [0.05, 0.1) is 0 Å². The SMILES string of the molecule is CCCC1=CC=C(CCc2ccc(C3CCC(CCC)CC3)c(F)c2F)C(F)(F)C1(F)F. The summed E-state index contributed by atoms with van der Waals surface area (Å²) in [5.41, 5.74) is -1.07. The van der Waals surface area contributed by atoms with Crippen LogP contribution in [0.2, 0.25) is 0 Å². The van der Waals surface area contributed by atoms with Crippen molar-refractivity contribution in [1.29, 1.82) is 0 Å². The molecular weight excluding hydrogens is 426 g/mol. The van der Waals surface area contributed by atoms with Gasteiger partial charge in [-0.2, -0.15) is 17.6 Å². The summed E-state index contributed by atoms with van der Waals surface area (Å²) in [5, 5.41) is 0. The maximum Gasteiger partial charge on any atom is 0.335 e. The fraction of sp³-hybridized carbons (Fsp3) is 0.615. The van der Waals surface area contributed by atoms with Crippen LogP contribution in [0.1, 0.15) is 88.7 Å². The molecule has 0 amide bonds. The molecular formula is C26H32F6. The average Bonchev–Trinajstić information content (AvgIpc) is 2.75. The van der Waals surface area contributed by atoms with Crippen LogP contribution in [0, 0.1) is 17.6 Å². The van der Waals surface area contributed by atoms with Crippen LogP contribution < -0.4 is 0 Å². The predicted molar refractivity (Wildman–Crippen MR) is 115 cm³/mol. The zero-order valence-corrected chi connectivity index (χ0v) is 18.8. The van der Waals surface area contributed by atoms with E-state index in [0.717, 1.165) is 50.7 Å². The molecule has 2 aliphatic rings. The number of halogens is 6. The van der Waals surface area contributed by atoms with E-state index in [1.54, 1.807) is 13.0 Å². The molecule has 0 saturated heterocycles. The largest absolute Gasteiger partial charge is 0.335 e. The maximum atomic E-state index is 14.8. The van der Waals surface area contributed by atoms with E-state index in [1.165, 1.54) is 6.07 Å². The van der Waals surface area contributed by atoms with E-state index in [4.69, 9.17) is 0 Å². The Morgan fingerprint density at radius 1 is 0.750 bits per heavy atom. The molecule has 0 radical (unpaired) electrons. The van der Waals surface area contributed by atoms with Crippen molar-refractivity contribution in [3.63, 3.8) is 0 Å².